The molecule has 0 fully saturated rings. The molecule has 0 saturated carbocycles. The van der Waals surface area contributed by atoms with Crippen LogP contribution in [-0.2, 0) is 4.79 Å². The second kappa shape index (κ2) is 5.10. The van der Waals surface area contributed by atoms with Crippen LogP contribution in [0.5, 0.6) is 0 Å². The van der Waals surface area contributed by atoms with Gasteiger partial charge >= 0.3 is 5.97 Å². The fourth-order valence-electron chi connectivity index (χ4n) is 2.27. The van der Waals surface area contributed by atoms with Gasteiger partial charge in [0.05, 0.1) is 5.69 Å². The van der Waals surface area contributed by atoms with Crippen LogP contribution in [0, 0.1) is 12.7 Å². The van der Waals surface area contributed by atoms with Crippen LogP contribution >= 0.6 is 0 Å². The summed E-state index contributed by atoms with van der Waals surface area (Å²) in [4.78, 5) is 19.5. The first kappa shape index (κ1) is 13.4. The van der Waals surface area contributed by atoms with Gasteiger partial charge in [-0.3, -0.25) is 15.2 Å². The lowest BCUT2D eigenvalue weighted by Crippen LogP contribution is -2.54. The quantitative estimate of drug-likeness (QED) is 0.862. The first-order valence-corrected chi connectivity index (χ1v) is 6.38. The van der Waals surface area contributed by atoms with Gasteiger partial charge in [-0.05, 0) is 42.8 Å². The Bertz CT molecular complexity index is 663. The Morgan fingerprint density at radius 1 is 1.48 bits per heavy atom. The predicted molar refractivity (Wildman–Crippen MR) is 76.1 cm³/mol. The zero-order valence-corrected chi connectivity index (χ0v) is 11.2. The monoisotopic (exact) mass is 288 g/mol. The van der Waals surface area contributed by atoms with Gasteiger partial charge in [0.1, 0.15) is 17.8 Å². The van der Waals surface area contributed by atoms with Crippen LogP contribution in [0.3, 0.4) is 0 Å². The lowest BCUT2D eigenvalue weighted by atomic mass is 10.2. The van der Waals surface area contributed by atoms with Crippen LogP contribution in [0.2, 0.25) is 0 Å². The van der Waals surface area contributed by atoms with Gasteiger partial charge in [-0.2, -0.15) is 5.01 Å². The molecule has 1 aromatic carbocycles. The third kappa shape index (κ3) is 2.68. The Balaban J connectivity index is 1.86. The predicted octanol–water partition coefficient (Wildman–Crippen LogP) is 1.40. The molecule has 0 bridgehead atoms. The van der Waals surface area contributed by atoms with Gasteiger partial charge < -0.3 is 5.11 Å². The normalized spacial score (nSPS) is 25.9. The van der Waals surface area contributed by atoms with E-state index in [1.807, 2.05) is 0 Å². The molecule has 108 valence electrons. The van der Waals surface area contributed by atoms with E-state index < -0.39 is 12.0 Å². The number of nitrogens with zero attached hydrogens (tertiary/aromatic N) is 3. The summed E-state index contributed by atoms with van der Waals surface area (Å²) in [5.74, 6) is -0.919. The maximum atomic E-state index is 13.3. The molecule has 3 rings (SSSR count). The molecule has 2 N–H and O–H groups in total. The molecule has 0 amide bonds. The van der Waals surface area contributed by atoms with E-state index in [9.17, 15) is 9.18 Å². The molecule has 1 aromatic rings. The Hall–Kier alpha value is -2.54. The molecule has 2 heterocycles. The minimum atomic E-state index is -0.995. The molecule has 0 saturated heterocycles. The van der Waals surface area contributed by atoms with Crippen molar-refractivity contribution < 1.29 is 14.3 Å². The Kier molecular flexibility index (Phi) is 3.26. The Labute approximate surface area is 120 Å². The largest absolute Gasteiger partial charge is 0.480 e. The van der Waals surface area contributed by atoms with Gasteiger partial charge in [0.2, 0.25) is 0 Å². The first-order chi connectivity index (χ1) is 10.0. The molecule has 6 nitrogen and oxygen atoms in total. The highest BCUT2D eigenvalue weighted by molar-refractivity contribution is 5.99. The van der Waals surface area contributed by atoms with Gasteiger partial charge in [-0.1, -0.05) is 0 Å². The van der Waals surface area contributed by atoms with Gasteiger partial charge in [-0.15, -0.1) is 0 Å². The molecule has 21 heavy (non-hydrogen) atoms. The number of fused-ring (bicyclic) bond motifs is 1. The fraction of sp³-hybridized carbons (Fsp3) is 0.214. The van der Waals surface area contributed by atoms with E-state index in [-0.39, 0.29) is 12.0 Å². The van der Waals surface area contributed by atoms with Crippen molar-refractivity contribution in [3.8, 4) is 0 Å². The first-order valence-electron chi connectivity index (χ1n) is 6.38. The average Bonchev–Trinajstić information content (AvgIpc) is 2.80. The van der Waals surface area contributed by atoms with Gasteiger partial charge in [0.25, 0.3) is 0 Å². The topological polar surface area (TPSA) is 77.3 Å². The van der Waals surface area contributed by atoms with Crippen LogP contribution in [0.1, 0.15) is 5.56 Å². The highest BCUT2D eigenvalue weighted by Gasteiger charge is 2.36. The summed E-state index contributed by atoms with van der Waals surface area (Å²) in [6.07, 6.45) is 4.45. The minimum absolute atomic E-state index is 0.361. The SMILES string of the molecule is Cc1cc(F)cc(N=C2C=CC3N=CC(C(=O)O)N3N2)c1. The maximum absolute atomic E-state index is 13.3. The number of aliphatic carboxylic acids is 1. The third-order valence-corrected chi connectivity index (χ3v) is 3.16. The molecular weight excluding hydrogens is 275 g/mol. The van der Waals surface area contributed by atoms with E-state index in [1.54, 1.807) is 25.1 Å². The van der Waals surface area contributed by atoms with E-state index in [4.69, 9.17) is 5.11 Å². The molecule has 0 aliphatic carbocycles. The number of aliphatic imine (C=N–C) groups is 2. The number of hydrogen-bond donors (Lipinski definition) is 2. The van der Waals surface area contributed by atoms with E-state index in [1.165, 1.54) is 23.4 Å². The number of aryl methyl sites for hydroxylation is 1. The van der Waals surface area contributed by atoms with Crippen molar-refractivity contribution in [3.63, 3.8) is 0 Å². The molecular formula is C14H13FN4O2. The van der Waals surface area contributed by atoms with Crippen LogP contribution in [0.4, 0.5) is 10.1 Å². The number of amidine groups is 1. The van der Waals surface area contributed by atoms with Crippen molar-refractivity contribution in [1.82, 2.24) is 10.4 Å². The lowest BCUT2D eigenvalue weighted by Gasteiger charge is -2.29. The fourth-order valence-corrected chi connectivity index (χ4v) is 2.27. The summed E-state index contributed by atoms with van der Waals surface area (Å²) >= 11 is 0. The van der Waals surface area contributed by atoms with Crippen molar-refractivity contribution in [2.75, 3.05) is 0 Å². The van der Waals surface area contributed by atoms with Crippen LogP contribution in [-0.4, -0.2) is 40.3 Å². The molecule has 0 radical (unpaired) electrons. The van der Waals surface area contributed by atoms with Crippen molar-refractivity contribution in [1.29, 1.82) is 0 Å². The number of rotatable bonds is 2. The van der Waals surface area contributed by atoms with E-state index in [0.717, 1.165) is 5.56 Å². The number of carboxylic acid groups (broad SMARTS) is 1. The lowest BCUT2D eigenvalue weighted by molar-refractivity contribution is -0.141. The maximum Gasteiger partial charge on any atom is 0.328 e. The summed E-state index contributed by atoms with van der Waals surface area (Å²) < 4.78 is 13.3. The second-order valence-corrected chi connectivity index (χ2v) is 4.86. The summed E-state index contributed by atoms with van der Waals surface area (Å²) in [6, 6.07) is 3.63. The minimum Gasteiger partial charge on any atom is -0.480 e. The molecule has 2 aliphatic rings. The number of carbonyl (C=O) groups is 1. The molecule has 2 aliphatic heterocycles. The van der Waals surface area contributed by atoms with E-state index in [2.05, 4.69) is 15.4 Å². The second-order valence-electron chi connectivity index (χ2n) is 4.86. The van der Waals surface area contributed by atoms with Crippen molar-refractivity contribution >= 4 is 23.7 Å². The molecule has 0 spiro atoms. The number of halogens is 1. The van der Waals surface area contributed by atoms with Crippen molar-refractivity contribution in [2.45, 2.75) is 19.1 Å². The molecule has 2 atom stereocenters. The highest BCUT2D eigenvalue weighted by Crippen LogP contribution is 2.19. The number of hydrogen-bond acceptors (Lipinski definition) is 4. The van der Waals surface area contributed by atoms with Crippen LogP contribution in [0.15, 0.2) is 40.3 Å². The van der Waals surface area contributed by atoms with Gasteiger partial charge in [0, 0.05) is 6.21 Å². The molecule has 7 heteroatoms. The standard InChI is InChI=1S/C14H13FN4O2/c1-8-4-9(15)6-10(5-8)17-12-2-3-13-16-7-11(14(20)21)19(13)18-12/h2-7,11,13H,1H3,(H,17,18)(H,20,21). The summed E-state index contributed by atoms with van der Waals surface area (Å²) in [7, 11) is 0. The number of benzene rings is 1. The van der Waals surface area contributed by atoms with Crippen LogP contribution < -0.4 is 5.43 Å². The van der Waals surface area contributed by atoms with E-state index in [0.29, 0.717) is 11.5 Å². The Morgan fingerprint density at radius 2 is 2.29 bits per heavy atom. The van der Waals surface area contributed by atoms with E-state index >= 15 is 0 Å². The van der Waals surface area contributed by atoms with Crippen LogP contribution in [0.25, 0.3) is 0 Å². The average molecular weight is 288 g/mol. The highest BCUT2D eigenvalue weighted by atomic mass is 19.1. The summed E-state index contributed by atoms with van der Waals surface area (Å²) in [6.45, 7) is 1.78. The summed E-state index contributed by atoms with van der Waals surface area (Å²) in [5.41, 5.74) is 4.13. The van der Waals surface area contributed by atoms with Crippen molar-refractivity contribution in [2.24, 2.45) is 9.98 Å². The molecule has 2 unspecified atom stereocenters. The Morgan fingerprint density at radius 3 is 3.00 bits per heavy atom. The van der Waals surface area contributed by atoms with Gasteiger partial charge in [0.15, 0.2) is 6.04 Å². The molecule has 0 aromatic heterocycles. The summed E-state index contributed by atoms with van der Waals surface area (Å²) in [5, 5.41) is 10.6. The van der Waals surface area contributed by atoms with Crippen molar-refractivity contribution in [3.05, 3.63) is 41.7 Å². The van der Waals surface area contributed by atoms with Gasteiger partial charge in [-0.25, -0.2) is 9.38 Å². The smallest absolute Gasteiger partial charge is 0.328 e. The zero-order valence-electron chi connectivity index (χ0n) is 11.2. The number of carboxylic acids is 1. The number of nitrogens with one attached hydrogen (secondary N) is 1. The third-order valence-electron chi connectivity index (χ3n) is 3.16. The zero-order chi connectivity index (χ0) is 15.0. The number of hydrazine groups is 1.